The number of ether oxygens (including phenoxy) is 1. The van der Waals surface area contributed by atoms with E-state index in [2.05, 4.69) is 14.7 Å². The van der Waals surface area contributed by atoms with Crippen LogP contribution in [0.2, 0.25) is 0 Å². The number of thiazole rings is 1. The molecule has 0 spiro atoms. The fourth-order valence-electron chi connectivity index (χ4n) is 2.27. The van der Waals surface area contributed by atoms with Gasteiger partial charge in [0.1, 0.15) is 0 Å². The number of aryl methyl sites for hydroxylation is 1. The van der Waals surface area contributed by atoms with Gasteiger partial charge in [0.05, 0.1) is 19.6 Å². The molecule has 0 atom stereocenters. The molecule has 0 aromatic carbocycles. The van der Waals surface area contributed by atoms with Gasteiger partial charge in [0, 0.05) is 18.1 Å². The summed E-state index contributed by atoms with van der Waals surface area (Å²) in [7, 11) is 3.45. The van der Waals surface area contributed by atoms with Crippen LogP contribution in [0.5, 0.6) is 0 Å². The van der Waals surface area contributed by atoms with Crippen molar-refractivity contribution in [2.45, 2.75) is 44.6 Å². The van der Waals surface area contributed by atoms with Crippen LogP contribution in [0.1, 0.15) is 37.8 Å². The van der Waals surface area contributed by atoms with Crippen molar-refractivity contribution in [3.63, 3.8) is 0 Å². The smallest absolute Gasteiger partial charge is 0.305 e. The number of aromatic nitrogens is 1. The Hall–Kier alpha value is -0.620. The molecule has 1 aliphatic rings. The standard InChI is InChI=1S/C13H20N2O2S.BrH/c1-15-11(7-8-12(16)17-2)9-18-13(15)14-10-5-3-4-6-10;/h9-10H,3-8H2,1-2H3;1H. The number of nitrogens with zero attached hydrogens (tertiary/aromatic N) is 2. The lowest BCUT2D eigenvalue weighted by Crippen LogP contribution is -2.17. The molecule has 0 amide bonds. The molecule has 0 unspecified atom stereocenters. The van der Waals surface area contributed by atoms with Crippen molar-refractivity contribution >= 4 is 34.3 Å². The van der Waals surface area contributed by atoms with Crippen LogP contribution in [0.3, 0.4) is 0 Å². The summed E-state index contributed by atoms with van der Waals surface area (Å²) in [5.41, 5.74) is 1.15. The number of methoxy groups -OCH3 is 1. The molecule has 6 heteroatoms. The number of carbonyl (C=O) groups is 1. The van der Waals surface area contributed by atoms with E-state index in [1.165, 1.54) is 32.8 Å². The van der Waals surface area contributed by atoms with Crippen molar-refractivity contribution < 1.29 is 9.53 Å². The van der Waals surface area contributed by atoms with Crippen LogP contribution in [-0.2, 0) is 23.0 Å². The SMILES string of the molecule is Br.COC(=O)CCc1csc(=NC2CCCC2)n1C. The van der Waals surface area contributed by atoms with Crippen molar-refractivity contribution in [3.05, 3.63) is 15.9 Å². The van der Waals surface area contributed by atoms with Gasteiger partial charge in [0.2, 0.25) is 0 Å². The van der Waals surface area contributed by atoms with Gasteiger partial charge in [-0.05, 0) is 19.3 Å². The van der Waals surface area contributed by atoms with Gasteiger partial charge in [-0.15, -0.1) is 28.3 Å². The maximum absolute atomic E-state index is 11.1. The quantitative estimate of drug-likeness (QED) is 0.785. The molecule has 4 nitrogen and oxygen atoms in total. The van der Waals surface area contributed by atoms with Crippen LogP contribution < -0.4 is 4.80 Å². The Labute approximate surface area is 128 Å². The molecule has 0 N–H and O–H groups in total. The van der Waals surface area contributed by atoms with E-state index >= 15 is 0 Å². The predicted octanol–water partition coefficient (Wildman–Crippen LogP) is 2.61. The molecule has 0 aliphatic heterocycles. The Morgan fingerprint density at radius 2 is 2.21 bits per heavy atom. The van der Waals surface area contributed by atoms with Crippen molar-refractivity contribution in [1.29, 1.82) is 0 Å². The molecule has 0 radical (unpaired) electrons. The van der Waals surface area contributed by atoms with Crippen LogP contribution in [0, 0.1) is 0 Å². The van der Waals surface area contributed by atoms with Crippen molar-refractivity contribution in [1.82, 2.24) is 4.57 Å². The van der Waals surface area contributed by atoms with Crippen LogP contribution in [0.4, 0.5) is 0 Å². The molecule has 1 aromatic heterocycles. The molecule has 19 heavy (non-hydrogen) atoms. The number of rotatable bonds is 4. The Balaban J connectivity index is 0.00000180. The molecule has 1 aromatic rings. The average Bonchev–Trinajstić information content (AvgIpc) is 2.99. The maximum Gasteiger partial charge on any atom is 0.305 e. The number of halogens is 1. The van der Waals surface area contributed by atoms with E-state index in [-0.39, 0.29) is 23.0 Å². The highest BCUT2D eigenvalue weighted by molar-refractivity contribution is 8.93. The zero-order valence-electron chi connectivity index (χ0n) is 11.4. The molecule has 1 aliphatic carbocycles. The van der Waals surface area contributed by atoms with Gasteiger partial charge in [-0.3, -0.25) is 9.79 Å². The third-order valence-corrected chi connectivity index (χ3v) is 4.43. The van der Waals surface area contributed by atoms with E-state index in [9.17, 15) is 4.79 Å². The number of hydrogen-bond donors (Lipinski definition) is 0. The Morgan fingerprint density at radius 3 is 2.84 bits per heavy atom. The summed E-state index contributed by atoms with van der Waals surface area (Å²) in [6.07, 6.45) is 6.20. The minimum Gasteiger partial charge on any atom is -0.469 e. The van der Waals surface area contributed by atoms with Gasteiger partial charge in [-0.1, -0.05) is 12.8 Å². The van der Waals surface area contributed by atoms with Crippen molar-refractivity contribution in [2.24, 2.45) is 12.0 Å². The van der Waals surface area contributed by atoms with Crippen LogP contribution in [0.25, 0.3) is 0 Å². The summed E-state index contributed by atoms with van der Waals surface area (Å²) < 4.78 is 6.76. The molecule has 1 saturated carbocycles. The Kier molecular flexibility index (Phi) is 6.79. The highest BCUT2D eigenvalue weighted by Gasteiger charge is 2.14. The minimum atomic E-state index is -0.157. The lowest BCUT2D eigenvalue weighted by Gasteiger charge is -2.03. The molecule has 2 rings (SSSR count). The molecule has 0 saturated heterocycles. The summed E-state index contributed by atoms with van der Waals surface area (Å²) in [4.78, 5) is 17.0. The summed E-state index contributed by atoms with van der Waals surface area (Å²) in [5.74, 6) is -0.157. The van der Waals surface area contributed by atoms with Crippen molar-refractivity contribution in [2.75, 3.05) is 7.11 Å². The van der Waals surface area contributed by atoms with Gasteiger partial charge in [-0.25, -0.2) is 0 Å². The monoisotopic (exact) mass is 348 g/mol. The highest BCUT2D eigenvalue weighted by Crippen LogP contribution is 2.20. The fraction of sp³-hybridized carbons (Fsp3) is 0.692. The zero-order chi connectivity index (χ0) is 13.0. The van der Waals surface area contributed by atoms with E-state index in [0.29, 0.717) is 12.5 Å². The molecular weight excluding hydrogens is 328 g/mol. The molecule has 0 bridgehead atoms. The number of hydrogen-bond acceptors (Lipinski definition) is 4. The summed E-state index contributed by atoms with van der Waals surface area (Å²) in [5, 5.41) is 2.09. The lowest BCUT2D eigenvalue weighted by molar-refractivity contribution is -0.140. The van der Waals surface area contributed by atoms with E-state index in [1.807, 2.05) is 7.05 Å². The number of carbonyl (C=O) groups excluding carboxylic acids is 1. The van der Waals surface area contributed by atoms with E-state index in [1.54, 1.807) is 11.3 Å². The van der Waals surface area contributed by atoms with Gasteiger partial charge in [-0.2, -0.15) is 0 Å². The largest absolute Gasteiger partial charge is 0.469 e. The zero-order valence-corrected chi connectivity index (χ0v) is 14.0. The second-order valence-electron chi connectivity index (χ2n) is 4.71. The maximum atomic E-state index is 11.1. The van der Waals surface area contributed by atoms with Gasteiger partial charge in [0.25, 0.3) is 0 Å². The van der Waals surface area contributed by atoms with E-state index in [4.69, 9.17) is 4.99 Å². The van der Waals surface area contributed by atoms with Crippen molar-refractivity contribution in [3.8, 4) is 0 Å². The van der Waals surface area contributed by atoms with Crippen LogP contribution in [0.15, 0.2) is 10.4 Å². The fourth-order valence-corrected chi connectivity index (χ4v) is 3.27. The van der Waals surface area contributed by atoms with Gasteiger partial charge < -0.3 is 9.30 Å². The summed E-state index contributed by atoms with van der Waals surface area (Å²) in [6, 6.07) is 0.503. The second-order valence-corrected chi connectivity index (χ2v) is 5.55. The molecule has 1 heterocycles. The van der Waals surface area contributed by atoms with E-state index in [0.717, 1.165) is 16.9 Å². The first-order valence-corrected chi connectivity index (χ1v) is 7.32. The van der Waals surface area contributed by atoms with Crippen LogP contribution in [-0.4, -0.2) is 23.7 Å². The van der Waals surface area contributed by atoms with Gasteiger partial charge in [0.15, 0.2) is 4.80 Å². The first-order chi connectivity index (χ1) is 8.70. The normalized spacial score (nSPS) is 16.4. The van der Waals surface area contributed by atoms with E-state index < -0.39 is 0 Å². The van der Waals surface area contributed by atoms with Gasteiger partial charge >= 0.3 is 5.97 Å². The molecule has 1 fully saturated rings. The summed E-state index contributed by atoms with van der Waals surface area (Å²) in [6.45, 7) is 0. The molecular formula is C13H21BrN2O2S. The first kappa shape index (κ1) is 16.4. The number of esters is 1. The summed E-state index contributed by atoms with van der Waals surface area (Å²) >= 11 is 1.67. The second kappa shape index (κ2) is 7.85. The third kappa shape index (κ3) is 4.45. The molecule has 108 valence electrons. The lowest BCUT2D eigenvalue weighted by atomic mass is 10.2. The minimum absolute atomic E-state index is 0. The van der Waals surface area contributed by atoms with Crippen LogP contribution >= 0.6 is 28.3 Å². The first-order valence-electron chi connectivity index (χ1n) is 6.44. The third-order valence-electron chi connectivity index (χ3n) is 3.45. The Bertz CT molecular complexity index is 475. The highest BCUT2D eigenvalue weighted by atomic mass is 79.9. The predicted molar refractivity (Wildman–Crippen MR) is 81.8 cm³/mol. The average molecular weight is 349 g/mol. The Morgan fingerprint density at radius 1 is 1.53 bits per heavy atom. The topological polar surface area (TPSA) is 43.6 Å².